The van der Waals surface area contributed by atoms with Crippen molar-refractivity contribution in [1.82, 2.24) is 14.5 Å². The number of fused-ring (bicyclic) bond motifs is 1. The average molecular weight is 502 g/mol. The number of amides is 1. The summed E-state index contributed by atoms with van der Waals surface area (Å²) in [6, 6.07) is 4.70. The summed E-state index contributed by atoms with van der Waals surface area (Å²) < 4.78 is 45.1. The highest BCUT2D eigenvalue weighted by Gasteiger charge is 2.32. The monoisotopic (exact) mass is 502 g/mol. The van der Waals surface area contributed by atoms with Crippen LogP contribution in [0.2, 0.25) is 0 Å². The number of nitrogens with zero attached hydrogens (tertiary/aromatic N) is 3. The van der Waals surface area contributed by atoms with Gasteiger partial charge in [0.25, 0.3) is 5.56 Å². The Bertz CT molecular complexity index is 1320. The van der Waals surface area contributed by atoms with Gasteiger partial charge in [-0.3, -0.25) is 14.2 Å². The van der Waals surface area contributed by atoms with E-state index in [1.54, 1.807) is 0 Å². The topological polar surface area (TPSA) is 103 Å². The van der Waals surface area contributed by atoms with E-state index in [1.165, 1.54) is 30.0 Å². The number of pyridine rings is 1. The molecule has 36 heavy (non-hydrogen) atoms. The van der Waals surface area contributed by atoms with Gasteiger partial charge >= 0.3 is 12.1 Å². The van der Waals surface area contributed by atoms with Crippen LogP contribution in [0.15, 0.2) is 47.7 Å². The Morgan fingerprint density at radius 2 is 1.89 bits per heavy atom. The van der Waals surface area contributed by atoms with Crippen LogP contribution in [-0.2, 0) is 15.7 Å². The molecule has 0 aliphatic heterocycles. The Balaban J connectivity index is 1.66. The molecule has 4 rings (SSSR count). The van der Waals surface area contributed by atoms with Crippen molar-refractivity contribution < 1.29 is 27.5 Å². The lowest BCUT2D eigenvalue weighted by molar-refractivity contribution is -0.137. The van der Waals surface area contributed by atoms with Crippen molar-refractivity contribution in [2.24, 2.45) is 5.92 Å². The fourth-order valence-electron chi connectivity index (χ4n) is 4.54. The number of benzene rings is 1. The predicted molar refractivity (Wildman–Crippen MR) is 125 cm³/mol. The normalized spacial score (nSPS) is 15.4. The van der Waals surface area contributed by atoms with Gasteiger partial charge in [0.15, 0.2) is 0 Å². The molecule has 190 valence electrons. The molecule has 1 fully saturated rings. The number of halogens is 3. The van der Waals surface area contributed by atoms with E-state index in [1.807, 2.05) is 0 Å². The number of alkyl halides is 3. The van der Waals surface area contributed by atoms with Crippen LogP contribution in [0.3, 0.4) is 0 Å². The number of esters is 1. The van der Waals surface area contributed by atoms with Gasteiger partial charge in [-0.05, 0) is 42.7 Å². The molecule has 3 aromatic rings. The summed E-state index contributed by atoms with van der Waals surface area (Å²) in [5.74, 6) is -0.690. The number of nitrogens with one attached hydrogen (secondary N) is 1. The van der Waals surface area contributed by atoms with Crippen LogP contribution in [0.5, 0.6) is 0 Å². The first-order valence-corrected chi connectivity index (χ1v) is 11.6. The molecule has 1 aliphatic carbocycles. The molecular formula is C25H25F3N4O4. The maximum Gasteiger partial charge on any atom is 0.416 e. The standard InChI is InChI=1S/C25H25F3N4O4/c1-36-24(35)16-7-10-21(29-13-16)31-22(33)20(11-15-5-3-2-4-6-15)32-14-30-19-12-17(25(26,27)28)8-9-18(19)23(32)34/h7-10,12-15,20H,2-6,11H2,1H3,(H,29,31,33). The minimum atomic E-state index is -4.56. The van der Waals surface area contributed by atoms with Gasteiger partial charge in [-0.2, -0.15) is 13.2 Å². The SMILES string of the molecule is COC(=O)c1ccc(NC(=O)C(CC2CCCCC2)n2cnc3cc(C(F)(F)F)ccc3c2=O)nc1. The molecule has 1 N–H and O–H groups in total. The van der Waals surface area contributed by atoms with Crippen molar-refractivity contribution in [2.75, 3.05) is 12.4 Å². The molecule has 1 saturated carbocycles. The van der Waals surface area contributed by atoms with E-state index >= 15 is 0 Å². The third-order valence-electron chi connectivity index (χ3n) is 6.47. The van der Waals surface area contributed by atoms with E-state index in [0.29, 0.717) is 6.42 Å². The quantitative estimate of drug-likeness (QED) is 0.488. The second-order valence-electron chi connectivity index (χ2n) is 8.86. The lowest BCUT2D eigenvalue weighted by Crippen LogP contribution is -2.35. The molecule has 2 aromatic heterocycles. The Morgan fingerprint density at radius 1 is 1.14 bits per heavy atom. The maximum absolute atomic E-state index is 13.4. The first-order chi connectivity index (χ1) is 17.2. The summed E-state index contributed by atoms with van der Waals surface area (Å²) >= 11 is 0. The van der Waals surface area contributed by atoms with E-state index in [0.717, 1.165) is 56.6 Å². The molecule has 0 radical (unpaired) electrons. The fraction of sp³-hybridized carbons (Fsp3) is 0.400. The molecule has 0 spiro atoms. The van der Waals surface area contributed by atoms with Gasteiger partial charge < -0.3 is 10.1 Å². The Kier molecular flexibility index (Phi) is 7.37. The highest BCUT2D eigenvalue weighted by molar-refractivity contribution is 5.94. The number of rotatable bonds is 6. The van der Waals surface area contributed by atoms with Crippen molar-refractivity contribution in [3.05, 3.63) is 64.3 Å². The van der Waals surface area contributed by atoms with Gasteiger partial charge in [-0.25, -0.2) is 14.8 Å². The van der Waals surface area contributed by atoms with Gasteiger partial charge in [0.1, 0.15) is 11.9 Å². The molecule has 0 bridgehead atoms. The first-order valence-electron chi connectivity index (χ1n) is 11.6. The van der Waals surface area contributed by atoms with Crippen molar-refractivity contribution >= 4 is 28.6 Å². The second-order valence-corrected chi connectivity index (χ2v) is 8.86. The number of ether oxygens (including phenoxy) is 1. The number of aromatic nitrogens is 3. The highest BCUT2D eigenvalue weighted by Crippen LogP contribution is 2.32. The third kappa shape index (κ3) is 5.55. The van der Waals surface area contributed by atoms with Gasteiger partial charge in [-0.1, -0.05) is 32.1 Å². The summed E-state index contributed by atoms with van der Waals surface area (Å²) in [5, 5.41) is 2.67. The molecule has 1 amide bonds. The Labute approximate surface area is 204 Å². The number of anilines is 1. The highest BCUT2D eigenvalue weighted by atomic mass is 19.4. The van der Waals surface area contributed by atoms with E-state index in [2.05, 4.69) is 20.0 Å². The summed E-state index contributed by atoms with van der Waals surface area (Å²) in [6.45, 7) is 0. The summed E-state index contributed by atoms with van der Waals surface area (Å²) in [4.78, 5) is 46.4. The Hall–Kier alpha value is -3.76. The van der Waals surface area contributed by atoms with Gasteiger partial charge in [0.2, 0.25) is 5.91 Å². The molecule has 8 nitrogen and oxygen atoms in total. The molecule has 2 heterocycles. The van der Waals surface area contributed by atoms with Gasteiger partial charge in [0.05, 0.1) is 35.5 Å². The van der Waals surface area contributed by atoms with E-state index in [-0.39, 0.29) is 28.2 Å². The molecular weight excluding hydrogens is 477 g/mol. The molecule has 1 unspecified atom stereocenters. The summed E-state index contributed by atoms with van der Waals surface area (Å²) in [7, 11) is 1.24. The van der Waals surface area contributed by atoms with E-state index < -0.39 is 35.2 Å². The summed E-state index contributed by atoms with van der Waals surface area (Å²) in [5.41, 5.74) is -1.39. The Morgan fingerprint density at radius 3 is 2.53 bits per heavy atom. The van der Waals surface area contributed by atoms with Crippen molar-refractivity contribution in [1.29, 1.82) is 0 Å². The minimum Gasteiger partial charge on any atom is -0.465 e. The zero-order chi connectivity index (χ0) is 25.9. The second kappa shape index (κ2) is 10.5. The van der Waals surface area contributed by atoms with Crippen LogP contribution in [0, 0.1) is 5.92 Å². The average Bonchev–Trinajstić information content (AvgIpc) is 2.87. The zero-order valence-electron chi connectivity index (χ0n) is 19.5. The lowest BCUT2D eigenvalue weighted by atomic mass is 9.84. The van der Waals surface area contributed by atoms with Crippen molar-refractivity contribution in [3.63, 3.8) is 0 Å². The maximum atomic E-state index is 13.4. The van der Waals surface area contributed by atoms with Crippen LogP contribution < -0.4 is 10.9 Å². The number of carbonyl (C=O) groups excluding carboxylic acids is 2. The first kappa shape index (κ1) is 25.3. The van der Waals surface area contributed by atoms with Crippen LogP contribution in [0.1, 0.15) is 60.5 Å². The predicted octanol–water partition coefficient (Wildman–Crippen LogP) is 4.75. The van der Waals surface area contributed by atoms with Gasteiger partial charge in [-0.15, -0.1) is 0 Å². The molecule has 1 aromatic carbocycles. The fourth-order valence-corrected chi connectivity index (χ4v) is 4.54. The summed E-state index contributed by atoms with van der Waals surface area (Å²) in [6.07, 6.45) is 3.21. The lowest BCUT2D eigenvalue weighted by Gasteiger charge is -2.27. The zero-order valence-corrected chi connectivity index (χ0v) is 19.5. The number of hydrogen-bond acceptors (Lipinski definition) is 6. The van der Waals surface area contributed by atoms with Crippen LogP contribution in [0.25, 0.3) is 10.9 Å². The largest absolute Gasteiger partial charge is 0.465 e. The van der Waals surface area contributed by atoms with E-state index in [9.17, 15) is 27.6 Å². The van der Waals surface area contributed by atoms with Gasteiger partial charge in [0, 0.05) is 6.20 Å². The molecule has 0 saturated heterocycles. The van der Waals surface area contributed by atoms with Crippen LogP contribution in [-0.4, -0.2) is 33.5 Å². The third-order valence-corrected chi connectivity index (χ3v) is 6.47. The van der Waals surface area contributed by atoms with Crippen LogP contribution in [0.4, 0.5) is 19.0 Å². The molecule has 1 atom stereocenters. The minimum absolute atomic E-state index is 0.00694. The smallest absolute Gasteiger partial charge is 0.416 e. The number of hydrogen-bond donors (Lipinski definition) is 1. The number of methoxy groups -OCH3 is 1. The molecule has 11 heteroatoms. The van der Waals surface area contributed by atoms with Crippen LogP contribution >= 0.6 is 0 Å². The van der Waals surface area contributed by atoms with Crippen molar-refractivity contribution in [3.8, 4) is 0 Å². The van der Waals surface area contributed by atoms with E-state index in [4.69, 9.17) is 0 Å². The number of carbonyl (C=O) groups is 2. The molecule has 1 aliphatic rings. The van der Waals surface area contributed by atoms with Crippen molar-refractivity contribution in [2.45, 2.75) is 50.7 Å².